The zero-order chi connectivity index (χ0) is 27.2. The zero-order valence-corrected chi connectivity index (χ0v) is 21.9. The second kappa shape index (κ2) is 11.5. The first kappa shape index (κ1) is 26.3. The highest BCUT2D eigenvalue weighted by atomic mass is 16.5. The van der Waals surface area contributed by atoms with Gasteiger partial charge in [-0.25, -0.2) is 0 Å². The van der Waals surface area contributed by atoms with E-state index in [0.29, 0.717) is 51.9 Å². The standard InChI is InChI=1S/C29H29N3O6/c1-6-25(34)30-21-14-12-19(13-15-21)26-27(20-16-23(35-3)28(37-5)24(17-20)36-4)31-32(29(26)38-18(2)33)22-10-8-7-9-11-22/h7-17H,6H2,1-5H3,(H,30,34). The third kappa shape index (κ3) is 5.31. The fourth-order valence-corrected chi connectivity index (χ4v) is 4.03. The van der Waals surface area contributed by atoms with Gasteiger partial charge in [0.25, 0.3) is 0 Å². The summed E-state index contributed by atoms with van der Waals surface area (Å²) >= 11 is 0. The lowest BCUT2D eigenvalue weighted by molar-refractivity contribution is -0.132. The number of aromatic nitrogens is 2. The van der Waals surface area contributed by atoms with Crippen LogP contribution in [-0.4, -0.2) is 43.0 Å². The number of anilines is 1. The molecule has 9 nitrogen and oxygen atoms in total. The predicted octanol–water partition coefficient (Wildman–Crippen LogP) is 5.51. The number of esters is 1. The van der Waals surface area contributed by atoms with Crippen LogP contribution in [0.15, 0.2) is 66.7 Å². The molecule has 0 atom stereocenters. The predicted molar refractivity (Wildman–Crippen MR) is 144 cm³/mol. The minimum absolute atomic E-state index is 0.0895. The SMILES string of the molecule is CCC(=O)Nc1ccc(-c2c(-c3cc(OC)c(OC)c(OC)c3)nn(-c3ccccc3)c2OC(C)=O)cc1. The number of ether oxygens (including phenoxy) is 4. The van der Waals surface area contributed by atoms with Crippen LogP contribution in [0.25, 0.3) is 28.1 Å². The van der Waals surface area contributed by atoms with Crippen molar-refractivity contribution in [3.63, 3.8) is 0 Å². The van der Waals surface area contributed by atoms with Crippen molar-refractivity contribution in [2.24, 2.45) is 0 Å². The summed E-state index contributed by atoms with van der Waals surface area (Å²) in [6.07, 6.45) is 0.369. The number of methoxy groups -OCH3 is 3. The number of amides is 1. The number of nitrogens with zero attached hydrogens (tertiary/aromatic N) is 2. The summed E-state index contributed by atoms with van der Waals surface area (Å²) in [6.45, 7) is 3.13. The van der Waals surface area contributed by atoms with Gasteiger partial charge in [0.1, 0.15) is 5.69 Å². The van der Waals surface area contributed by atoms with E-state index in [0.717, 1.165) is 5.56 Å². The molecule has 0 saturated carbocycles. The maximum Gasteiger partial charge on any atom is 0.309 e. The van der Waals surface area contributed by atoms with Crippen LogP contribution in [0.1, 0.15) is 20.3 Å². The van der Waals surface area contributed by atoms with Crippen LogP contribution in [-0.2, 0) is 9.59 Å². The summed E-state index contributed by atoms with van der Waals surface area (Å²) in [5, 5.41) is 7.73. The van der Waals surface area contributed by atoms with Crippen LogP contribution in [0.3, 0.4) is 0 Å². The molecule has 0 unspecified atom stereocenters. The topological polar surface area (TPSA) is 101 Å². The van der Waals surface area contributed by atoms with Crippen molar-refractivity contribution in [2.45, 2.75) is 20.3 Å². The minimum Gasteiger partial charge on any atom is -0.493 e. The van der Waals surface area contributed by atoms with Crippen molar-refractivity contribution in [1.82, 2.24) is 9.78 Å². The molecule has 1 heterocycles. The first-order chi connectivity index (χ1) is 18.4. The minimum atomic E-state index is -0.494. The molecule has 0 fully saturated rings. The molecule has 1 aromatic heterocycles. The van der Waals surface area contributed by atoms with E-state index in [4.69, 9.17) is 24.0 Å². The molecule has 3 aromatic carbocycles. The number of hydrogen-bond acceptors (Lipinski definition) is 7. The molecule has 0 spiro atoms. The van der Waals surface area contributed by atoms with E-state index in [9.17, 15) is 9.59 Å². The first-order valence-electron chi connectivity index (χ1n) is 12.0. The van der Waals surface area contributed by atoms with Crippen LogP contribution < -0.4 is 24.3 Å². The number of carbonyl (C=O) groups excluding carboxylic acids is 2. The molecule has 0 aliphatic heterocycles. The molecular weight excluding hydrogens is 486 g/mol. The Kier molecular flexibility index (Phi) is 7.96. The number of rotatable bonds is 9. The van der Waals surface area contributed by atoms with Crippen molar-refractivity contribution >= 4 is 17.6 Å². The van der Waals surface area contributed by atoms with E-state index < -0.39 is 5.97 Å². The molecule has 1 amide bonds. The van der Waals surface area contributed by atoms with Gasteiger partial charge in [0.15, 0.2) is 11.5 Å². The Morgan fingerprint density at radius 3 is 2.03 bits per heavy atom. The van der Waals surface area contributed by atoms with Gasteiger partial charge in [0.05, 0.1) is 32.6 Å². The number of para-hydroxylation sites is 1. The highest BCUT2D eigenvalue weighted by molar-refractivity contribution is 5.92. The van der Waals surface area contributed by atoms with E-state index in [2.05, 4.69) is 5.32 Å². The Labute approximate surface area is 220 Å². The summed E-state index contributed by atoms with van der Waals surface area (Å²) in [7, 11) is 4.61. The van der Waals surface area contributed by atoms with Gasteiger partial charge in [0, 0.05) is 24.6 Å². The van der Waals surface area contributed by atoms with Crippen molar-refractivity contribution in [1.29, 1.82) is 0 Å². The third-order valence-corrected chi connectivity index (χ3v) is 5.80. The van der Waals surface area contributed by atoms with Crippen molar-refractivity contribution in [2.75, 3.05) is 26.6 Å². The molecule has 0 aliphatic carbocycles. The van der Waals surface area contributed by atoms with Crippen LogP contribution in [0.4, 0.5) is 5.69 Å². The van der Waals surface area contributed by atoms with E-state index in [-0.39, 0.29) is 11.8 Å². The van der Waals surface area contributed by atoms with Gasteiger partial charge in [-0.2, -0.15) is 9.78 Å². The Bertz CT molecular complexity index is 1420. The summed E-state index contributed by atoms with van der Waals surface area (Å²) in [6, 6.07) is 20.2. The molecule has 0 bridgehead atoms. The summed E-state index contributed by atoms with van der Waals surface area (Å²) in [5.74, 6) is 1.01. The van der Waals surface area contributed by atoms with E-state index in [1.807, 2.05) is 42.5 Å². The quantitative estimate of drug-likeness (QED) is 0.294. The molecule has 0 radical (unpaired) electrons. The molecular formula is C29H29N3O6. The lowest BCUT2D eigenvalue weighted by atomic mass is 10.00. The smallest absolute Gasteiger partial charge is 0.309 e. The Morgan fingerprint density at radius 1 is 0.868 bits per heavy atom. The van der Waals surface area contributed by atoms with E-state index >= 15 is 0 Å². The Hall–Kier alpha value is -4.79. The molecule has 4 aromatic rings. The molecule has 196 valence electrons. The molecule has 0 saturated heterocycles. The number of benzene rings is 3. The zero-order valence-electron chi connectivity index (χ0n) is 21.9. The Morgan fingerprint density at radius 2 is 1.50 bits per heavy atom. The van der Waals surface area contributed by atoms with Gasteiger partial charge in [-0.15, -0.1) is 0 Å². The van der Waals surface area contributed by atoms with Gasteiger partial charge < -0.3 is 24.3 Å². The van der Waals surface area contributed by atoms with Gasteiger partial charge in [-0.1, -0.05) is 37.3 Å². The van der Waals surface area contributed by atoms with E-state index in [1.165, 1.54) is 28.3 Å². The number of hydrogen-bond donors (Lipinski definition) is 1. The van der Waals surface area contributed by atoms with Crippen molar-refractivity contribution in [3.8, 4) is 51.2 Å². The maximum absolute atomic E-state index is 12.3. The van der Waals surface area contributed by atoms with Gasteiger partial charge in [-0.3, -0.25) is 9.59 Å². The number of nitrogens with one attached hydrogen (secondary N) is 1. The van der Waals surface area contributed by atoms with Gasteiger partial charge in [-0.05, 0) is 42.0 Å². The largest absolute Gasteiger partial charge is 0.493 e. The lowest BCUT2D eigenvalue weighted by Gasteiger charge is -2.14. The van der Waals surface area contributed by atoms with Crippen molar-refractivity contribution in [3.05, 3.63) is 66.7 Å². The fraction of sp³-hybridized carbons (Fsp3) is 0.207. The van der Waals surface area contributed by atoms with Gasteiger partial charge in [0.2, 0.25) is 17.5 Å². The van der Waals surface area contributed by atoms with E-state index in [1.54, 1.807) is 35.9 Å². The molecule has 4 rings (SSSR count). The number of carbonyl (C=O) groups is 2. The Balaban J connectivity index is 2.00. The van der Waals surface area contributed by atoms with Gasteiger partial charge >= 0.3 is 5.97 Å². The van der Waals surface area contributed by atoms with Crippen LogP contribution >= 0.6 is 0 Å². The average molecular weight is 516 g/mol. The maximum atomic E-state index is 12.3. The fourth-order valence-electron chi connectivity index (χ4n) is 4.03. The normalized spacial score (nSPS) is 10.6. The molecule has 1 N–H and O–H groups in total. The molecule has 38 heavy (non-hydrogen) atoms. The second-order valence-electron chi connectivity index (χ2n) is 8.26. The monoisotopic (exact) mass is 515 g/mol. The summed E-state index contributed by atoms with van der Waals surface area (Å²) in [5.41, 5.74) is 3.83. The van der Waals surface area contributed by atoms with Crippen LogP contribution in [0.5, 0.6) is 23.1 Å². The van der Waals surface area contributed by atoms with Crippen molar-refractivity contribution < 1.29 is 28.5 Å². The third-order valence-electron chi connectivity index (χ3n) is 5.80. The highest BCUT2D eigenvalue weighted by Gasteiger charge is 2.26. The van der Waals surface area contributed by atoms with Crippen LogP contribution in [0, 0.1) is 0 Å². The average Bonchev–Trinajstić information content (AvgIpc) is 3.31. The highest BCUT2D eigenvalue weighted by Crippen LogP contribution is 2.46. The molecule has 9 heteroatoms. The summed E-state index contributed by atoms with van der Waals surface area (Å²) in [4.78, 5) is 24.1. The molecule has 0 aliphatic rings. The second-order valence-corrected chi connectivity index (χ2v) is 8.26. The first-order valence-corrected chi connectivity index (χ1v) is 12.0. The lowest BCUT2D eigenvalue weighted by Crippen LogP contribution is -2.09. The summed E-state index contributed by atoms with van der Waals surface area (Å²) < 4.78 is 24.0. The van der Waals surface area contributed by atoms with Crippen LogP contribution in [0.2, 0.25) is 0 Å².